The number of hydrogen-bond donors (Lipinski definition) is 2. The third-order valence-electron chi connectivity index (χ3n) is 4.11. The Hall–Kier alpha value is -1.73. The monoisotopic (exact) mass is 294 g/mol. The van der Waals surface area contributed by atoms with Crippen LogP contribution in [0.15, 0.2) is 12.3 Å². The molecule has 114 valence electrons. The van der Waals surface area contributed by atoms with Crippen LogP contribution in [0.2, 0.25) is 0 Å². The maximum absolute atomic E-state index is 13.7. The first-order valence-electron chi connectivity index (χ1n) is 7.19. The molecule has 3 rings (SSSR count). The first kappa shape index (κ1) is 14.2. The lowest BCUT2D eigenvalue weighted by molar-refractivity contribution is -0.0462. The van der Waals surface area contributed by atoms with Gasteiger partial charge in [-0.25, -0.2) is 9.37 Å². The van der Waals surface area contributed by atoms with E-state index in [0.29, 0.717) is 19.2 Å². The number of amides is 1. The summed E-state index contributed by atoms with van der Waals surface area (Å²) < 4.78 is 19.5. The molecule has 2 unspecified atom stereocenters. The minimum atomic E-state index is -0.779. The predicted octanol–water partition coefficient (Wildman–Crippen LogP) is 0.396. The lowest BCUT2D eigenvalue weighted by Gasteiger charge is -2.35. The first-order chi connectivity index (χ1) is 10.1. The number of fused-ring (bicyclic) bond motifs is 1. The van der Waals surface area contributed by atoms with Gasteiger partial charge in [-0.05, 0) is 25.5 Å². The van der Waals surface area contributed by atoms with Gasteiger partial charge in [-0.2, -0.15) is 0 Å². The Morgan fingerprint density at radius 2 is 2.48 bits per heavy atom. The lowest BCUT2D eigenvalue weighted by Crippen LogP contribution is -2.50. The molecule has 2 atom stereocenters. The van der Waals surface area contributed by atoms with Crippen LogP contribution >= 0.6 is 0 Å². The normalized spacial score (nSPS) is 25.6. The zero-order valence-corrected chi connectivity index (χ0v) is 11.7. The average molecular weight is 294 g/mol. The van der Waals surface area contributed by atoms with Gasteiger partial charge in [-0.3, -0.25) is 9.69 Å². The number of rotatable bonds is 3. The van der Waals surface area contributed by atoms with E-state index in [1.165, 1.54) is 25.1 Å². The maximum atomic E-state index is 13.7. The highest BCUT2D eigenvalue weighted by molar-refractivity contribution is 5.95. The van der Waals surface area contributed by atoms with Crippen LogP contribution in [-0.2, 0) is 4.74 Å². The number of nitrogens with one attached hydrogen (secondary N) is 1. The van der Waals surface area contributed by atoms with Crippen molar-refractivity contribution >= 4 is 11.7 Å². The van der Waals surface area contributed by atoms with E-state index in [9.17, 15) is 9.18 Å². The van der Waals surface area contributed by atoms with Crippen molar-refractivity contribution in [2.24, 2.45) is 0 Å². The Labute approximate surface area is 122 Å². The molecule has 7 heteroatoms. The Balaban J connectivity index is 1.55. The highest BCUT2D eigenvalue weighted by Crippen LogP contribution is 2.22. The van der Waals surface area contributed by atoms with Crippen LogP contribution in [0.5, 0.6) is 0 Å². The third kappa shape index (κ3) is 2.98. The van der Waals surface area contributed by atoms with Gasteiger partial charge in [0.05, 0.1) is 18.3 Å². The zero-order valence-electron chi connectivity index (χ0n) is 11.7. The molecule has 2 aliphatic rings. The lowest BCUT2D eigenvalue weighted by atomic mass is 10.2. The molecule has 21 heavy (non-hydrogen) atoms. The summed E-state index contributed by atoms with van der Waals surface area (Å²) in [5.74, 6) is -1.54. The molecule has 6 nitrogen and oxygen atoms in total. The number of nitrogen functional groups attached to an aromatic ring is 1. The van der Waals surface area contributed by atoms with Crippen molar-refractivity contribution < 1.29 is 13.9 Å². The number of pyridine rings is 1. The summed E-state index contributed by atoms with van der Waals surface area (Å²) in [5, 5.41) is 2.70. The second kappa shape index (κ2) is 5.95. The summed E-state index contributed by atoms with van der Waals surface area (Å²) in [7, 11) is 0. The Bertz CT molecular complexity index is 540. The molecule has 0 aromatic carbocycles. The Morgan fingerprint density at radius 3 is 3.33 bits per heavy atom. The van der Waals surface area contributed by atoms with Crippen LogP contribution in [0.4, 0.5) is 10.2 Å². The van der Waals surface area contributed by atoms with Crippen LogP contribution in [-0.4, -0.2) is 54.2 Å². The second-order valence-electron chi connectivity index (χ2n) is 5.51. The van der Waals surface area contributed by atoms with Crippen molar-refractivity contribution in [2.75, 3.05) is 32.0 Å². The minimum Gasteiger partial charge on any atom is -0.381 e. The van der Waals surface area contributed by atoms with Gasteiger partial charge in [-0.1, -0.05) is 0 Å². The number of carbonyl (C=O) groups is 1. The molecule has 2 aliphatic heterocycles. The van der Waals surface area contributed by atoms with Crippen molar-refractivity contribution in [1.82, 2.24) is 15.2 Å². The molecule has 0 bridgehead atoms. The zero-order chi connectivity index (χ0) is 14.8. The van der Waals surface area contributed by atoms with Gasteiger partial charge >= 0.3 is 0 Å². The van der Waals surface area contributed by atoms with E-state index in [-0.39, 0.29) is 17.5 Å². The molecule has 0 spiro atoms. The second-order valence-corrected chi connectivity index (χ2v) is 5.51. The first-order valence-corrected chi connectivity index (χ1v) is 7.19. The van der Waals surface area contributed by atoms with Crippen molar-refractivity contribution in [3.63, 3.8) is 0 Å². The summed E-state index contributed by atoms with van der Waals surface area (Å²) in [6.45, 7) is 2.97. The summed E-state index contributed by atoms with van der Waals surface area (Å²) >= 11 is 0. The molecular weight excluding hydrogens is 275 g/mol. The largest absolute Gasteiger partial charge is 0.381 e. The standard InChI is InChI=1S/C14H19FN4O2/c15-12-11(3-4-17-13(12)16)14(20)18-6-10-7-19-5-1-2-9(19)8-21-10/h3-4,9-10H,1-2,5-8H2,(H2,16,17)(H,18,20). The highest BCUT2D eigenvalue weighted by Gasteiger charge is 2.32. The molecule has 2 fully saturated rings. The number of carbonyl (C=O) groups excluding carboxylic acids is 1. The van der Waals surface area contributed by atoms with Gasteiger partial charge in [0.1, 0.15) is 0 Å². The molecule has 3 N–H and O–H groups in total. The number of anilines is 1. The minimum absolute atomic E-state index is 0.0504. The third-order valence-corrected chi connectivity index (χ3v) is 4.11. The SMILES string of the molecule is Nc1nccc(C(=O)NCC2CN3CCCC3CO2)c1F. The van der Waals surface area contributed by atoms with Crippen molar-refractivity contribution in [1.29, 1.82) is 0 Å². The van der Waals surface area contributed by atoms with Gasteiger partial charge in [-0.15, -0.1) is 0 Å². The summed E-state index contributed by atoms with van der Waals surface area (Å²) in [5.41, 5.74) is 5.27. The fourth-order valence-corrected chi connectivity index (χ4v) is 2.95. The van der Waals surface area contributed by atoms with Crippen LogP contribution in [0.3, 0.4) is 0 Å². The van der Waals surface area contributed by atoms with Crippen LogP contribution in [0.1, 0.15) is 23.2 Å². The van der Waals surface area contributed by atoms with E-state index >= 15 is 0 Å². The van der Waals surface area contributed by atoms with E-state index in [1.807, 2.05) is 0 Å². The summed E-state index contributed by atoms with van der Waals surface area (Å²) in [6.07, 6.45) is 3.65. The molecule has 1 aromatic rings. The number of aromatic nitrogens is 1. The van der Waals surface area contributed by atoms with E-state index in [0.717, 1.165) is 13.1 Å². The number of morpholine rings is 1. The predicted molar refractivity (Wildman–Crippen MR) is 75.3 cm³/mol. The van der Waals surface area contributed by atoms with E-state index in [4.69, 9.17) is 10.5 Å². The maximum Gasteiger partial charge on any atom is 0.254 e. The van der Waals surface area contributed by atoms with Gasteiger partial charge in [0, 0.05) is 25.3 Å². The number of hydrogen-bond acceptors (Lipinski definition) is 5. The van der Waals surface area contributed by atoms with Crippen molar-refractivity contribution in [3.05, 3.63) is 23.6 Å². The van der Waals surface area contributed by atoms with E-state index < -0.39 is 11.7 Å². The molecule has 0 radical (unpaired) electrons. The highest BCUT2D eigenvalue weighted by atomic mass is 19.1. The summed E-state index contributed by atoms with van der Waals surface area (Å²) in [4.78, 5) is 18.0. The summed E-state index contributed by atoms with van der Waals surface area (Å²) in [6, 6.07) is 1.84. The molecule has 1 aromatic heterocycles. The molecule has 3 heterocycles. The van der Waals surface area contributed by atoms with Crippen molar-refractivity contribution in [3.8, 4) is 0 Å². The molecule has 2 saturated heterocycles. The molecular formula is C14H19FN4O2. The average Bonchev–Trinajstić information content (AvgIpc) is 2.95. The van der Waals surface area contributed by atoms with Crippen molar-refractivity contribution in [2.45, 2.75) is 25.0 Å². The fourth-order valence-electron chi connectivity index (χ4n) is 2.95. The quantitative estimate of drug-likeness (QED) is 0.843. The van der Waals surface area contributed by atoms with Gasteiger partial charge in [0.15, 0.2) is 11.6 Å². The molecule has 0 aliphatic carbocycles. The number of nitrogens with zero attached hydrogens (tertiary/aromatic N) is 2. The molecule has 1 amide bonds. The van der Waals surface area contributed by atoms with Crippen LogP contribution < -0.4 is 11.1 Å². The van der Waals surface area contributed by atoms with E-state index in [2.05, 4.69) is 15.2 Å². The topological polar surface area (TPSA) is 80.5 Å². The van der Waals surface area contributed by atoms with Gasteiger partial charge < -0.3 is 15.8 Å². The van der Waals surface area contributed by atoms with Crippen LogP contribution in [0, 0.1) is 5.82 Å². The van der Waals surface area contributed by atoms with E-state index in [1.54, 1.807) is 0 Å². The Morgan fingerprint density at radius 1 is 1.62 bits per heavy atom. The fraction of sp³-hybridized carbons (Fsp3) is 0.571. The smallest absolute Gasteiger partial charge is 0.254 e. The van der Waals surface area contributed by atoms with Gasteiger partial charge in [0.25, 0.3) is 5.91 Å². The Kier molecular flexibility index (Phi) is 4.03. The van der Waals surface area contributed by atoms with Gasteiger partial charge in [0.2, 0.25) is 0 Å². The van der Waals surface area contributed by atoms with Crippen LogP contribution in [0.25, 0.3) is 0 Å². The number of nitrogens with two attached hydrogens (primary N) is 1. The molecule has 0 saturated carbocycles. The number of halogens is 1. The number of ether oxygens (including phenoxy) is 1.